The Labute approximate surface area is 115 Å². The molecule has 0 unspecified atom stereocenters. The van der Waals surface area contributed by atoms with Crippen molar-refractivity contribution in [2.75, 3.05) is 22.9 Å². The van der Waals surface area contributed by atoms with Gasteiger partial charge in [0.25, 0.3) is 0 Å². The Morgan fingerprint density at radius 2 is 0.944 bits per heavy atom. The molecule has 0 saturated heterocycles. The van der Waals surface area contributed by atoms with E-state index in [1.165, 1.54) is 0 Å². The van der Waals surface area contributed by atoms with E-state index < -0.39 is 0 Å². The highest BCUT2D eigenvalue weighted by Gasteiger charge is 1.93. The van der Waals surface area contributed by atoms with Crippen LogP contribution in [0.1, 0.15) is 0 Å². The predicted molar refractivity (Wildman–Crippen MR) is 80.6 cm³/mol. The van der Waals surface area contributed by atoms with E-state index >= 15 is 0 Å². The first-order valence-corrected chi connectivity index (χ1v) is 5.76. The van der Waals surface area contributed by atoms with Gasteiger partial charge >= 0.3 is 0 Å². The van der Waals surface area contributed by atoms with Gasteiger partial charge in [0.05, 0.1) is 21.4 Å². The highest BCUT2D eigenvalue weighted by molar-refractivity contribution is 6.33. The van der Waals surface area contributed by atoms with Crippen LogP contribution in [-0.2, 0) is 0 Å². The van der Waals surface area contributed by atoms with Crippen molar-refractivity contribution < 1.29 is 0 Å². The molecule has 2 aromatic carbocycles. The van der Waals surface area contributed by atoms with Gasteiger partial charge in [0.15, 0.2) is 0 Å². The van der Waals surface area contributed by atoms with Crippen molar-refractivity contribution in [3.8, 4) is 0 Å². The van der Waals surface area contributed by atoms with Crippen LogP contribution < -0.4 is 22.9 Å². The summed E-state index contributed by atoms with van der Waals surface area (Å²) in [5.41, 5.74) is 24.0. The predicted octanol–water partition coefficient (Wildman–Crippen LogP) is 3.01. The van der Waals surface area contributed by atoms with Crippen molar-refractivity contribution in [2.24, 2.45) is 0 Å². The molecular formula is C12H14Cl2N4. The molecule has 0 atom stereocenters. The maximum atomic E-state index is 5.61. The second kappa shape index (κ2) is 6.23. The molecule has 2 rings (SSSR count). The largest absolute Gasteiger partial charge is 0.399 e. The fraction of sp³-hybridized carbons (Fsp3) is 0. The van der Waals surface area contributed by atoms with E-state index in [4.69, 9.17) is 46.1 Å². The molecular weight excluding hydrogens is 271 g/mol. The lowest BCUT2D eigenvalue weighted by molar-refractivity contribution is 1.66. The van der Waals surface area contributed by atoms with Crippen LogP contribution in [0.15, 0.2) is 36.4 Å². The zero-order valence-electron chi connectivity index (χ0n) is 9.53. The van der Waals surface area contributed by atoms with E-state index in [0.717, 1.165) is 0 Å². The summed E-state index contributed by atoms with van der Waals surface area (Å²) < 4.78 is 0. The highest BCUT2D eigenvalue weighted by Crippen LogP contribution is 2.20. The molecule has 0 saturated carbocycles. The average molecular weight is 285 g/mol. The van der Waals surface area contributed by atoms with Gasteiger partial charge in [0.2, 0.25) is 0 Å². The third kappa shape index (κ3) is 4.24. The van der Waals surface area contributed by atoms with Gasteiger partial charge in [-0.25, -0.2) is 0 Å². The molecule has 0 radical (unpaired) electrons. The number of hydrogen-bond donors (Lipinski definition) is 4. The minimum Gasteiger partial charge on any atom is -0.399 e. The van der Waals surface area contributed by atoms with Crippen LogP contribution >= 0.6 is 23.2 Å². The van der Waals surface area contributed by atoms with Gasteiger partial charge in [-0.2, -0.15) is 0 Å². The van der Waals surface area contributed by atoms with Crippen LogP contribution in [0.4, 0.5) is 22.7 Å². The van der Waals surface area contributed by atoms with Crippen molar-refractivity contribution in [2.45, 2.75) is 0 Å². The molecule has 0 amide bonds. The first kappa shape index (κ1) is 14.3. The third-order valence-corrected chi connectivity index (χ3v) is 2.70. The van der Waals surface area contributed by atoms with Gasteiger partial charge in [-0.05, 0) is 36.4 Å². The Bertz CT molecular complexity index is 494. The van der Waals surface area contributed by atoms with E-state index in [1.807, 2.05) is 0 Å². The quantitative estimate of drug-likeness (QED) is 0.558. The van der Waals surface area contributed by atoms with Crippen LogP contribution in [0.3, 0.4) is 0 Å². The standard InChI is InChI=1S/2C6H7ClN2/c2*7-5-3-4(8)1-2-6(5)9/h2*1-3H,8-9H2. The summed E-state index contributed by atoms with van der Waals surface area (Å²) in [7, 11) is 0. The second-order valence-electron chi connectivity index (χ2n) is 3.56. The van der Waals surface area contributed by atoms with Gasteiger partial charge in [0.1, 0.15) is 0 Å². The fourth-order valence-electron chi connectivity index (χ4n) is 1.09. The lowest BCUT2D eigenvalue weighted by Gasteiger charge is -1.96. The molecule has 8 N–H and O–H groups in total. The first-order chi connectivity index (χ1) is 8.40. The number of halogens is 2. The van der Waals surface area contributed by atoms with Crippen LogP contribution in [-0.4, -0.2) is 0 Å². The average Bonchev–Trinajstić information content (AvgIpc) is 2.30. The highest BCUT2D eigenvalue weighted by atomic mass is 35.5. The molecule has 4 nitrogen and oxygen atoms in total. The Balaban J connectivity index is 0.000000180. The van der Waals surface area contributed by atoms with Crippen LogP contribution in [0, 0.1) is 0 Å². The topological polar surface area (TPSA) is 104 Å². The van der Waals surface area contributed by atoms with Crippen molar-refractivity contribution in [3.05, 3.63) is 46.4 Å². The molecule has 0 spiro atoms. The number of anilines is 4. The Morgan fingerprint density at radius 1 is 0.611 bits per heavy atom. The molecule has 0 bridgehead atoms. The zero-order valence-corrected chi connectivity index (χ0v) is 11.0. The summed E-state index contributed by atoms with van der Waals surface area (Å²) >= 11 is 11.2. The van der Waals surface area contributed by atoms with Crippen molar-refractivity contribution in [1.29, 1.82) is 0 Å². The second-order valence-corrected chi connectivity index (χ2v) is 4.38. The maximum absolute atomic E-state index is 5.61. The third-order valence-electron chi connectivity index (χ3n) is 2.05. The van der Waals surface area contributed by atoms with Gasteiger partial charge in [-0.1, -0.05) is 23.2 Å². The fourth-order valence-corrected chi connectivity index (χ4v) is 1.46. The van der Waals surface area contributed by atoms with E-state index in [9.17, 15) is 0 Å². The van der Waals surface area contributed by atoms with Crippen LogP contribution in [0.5, 0.6) is 0 Å². The van der Waals surface area contributed by atoms with Gasteiger partial charge < -0.3 is 22.9 Å². The van der Waals surface area contributed by atoms with Crippen molar-refractivity contribution >= 4 is 46.0 Å². The van der Waals surface area contributed by atoms with E-state index in [2.05, 4.69) is 0 Å². The molecule has 0 aliphatic heterocycles. The minimum atomic E-state index is 0.509. The first-order valence-electron chi connectivity index (χ1n) is 5.01. The summed E-state index contributed by atoms with van der Waals surface area (Å²) in [6.45, 7) is 0. The monoisotopic (exact) mass is 284 g/mol. The molecule has 18 heavy (non-hydrogen) atoms. The van der Waals surface area contributed by atoms with Crippen molar-refractivity contribution in [1.82, 2.24) is 0 Å². The Kier molecular flexibility index (Phi) is 4.95. The zero-order chi connectivity index (χ0) is 13.7. The molecule has 96 valence electrons. The number of benzene rings is 2. The van der Waals surface area contributed by atoms with Gasteiger partial charge in [-0.15, -0.1) is 0 Å². The number of nitrogens with two attached hydrogens (primary N) is 4. The maximum Gasteiger partial charge on any atom is 0.0655 e. The summed E-state index contributed by atoms with van der Waals surface area (Å²) in [6.07, 6.45) is 0. The molecule has 0 aliphatic rings. The summed E-state index contributed by atoms with van der Waals surface area (Å²) in [4.78, 5) is 0. The normalized spacial score (nSPS) is 9.44. The lowest BCUT2D eigenvalue weighted by atomic mass is 10.3. The van der Waals surface area contributed by atoms with E-state index in [-0.39, 0.29) is 0 Å². The SMILES string of the molecule is Nc1ccc(N)c(Cl)c1.Nc1ccc(N)c(Cl)c1. The van der Waals surface area contributed by atoms with Crippen LogP contribution in [0.25, 0.3) is 0 Å². The Hall–Kier alpha value is -1.78. The molecule has 0 fully saturated rings. The molecule has 0 heterocycles. The van der Waals surface area contributed by atoms with Crippen LogP contribution in [0.2, 0.25) is 10.0 Å². The summed E-state index contributed by atoms with van der Waals surface area (Å²) in [5, 5.41) is 1.02. The molecule has 2 aromatic rings. The number of rotatable bonds is 0. The molecule has 6 heteroatoms. The minimum absolute atomic E-state index is 0.509. The summed E-state index contributed by atoms with van der Waals surface area (Å²) in [5.74, 6) is 0. The van der Waals surface area contributed by atoms with Gasteiger partial charge in [0, 0.05) is 11.4 Å². The smallest absolute Gasteiger partial charge is 0.0655 e. The number of hydrogen-bond acceptors (Lipinski definition) is 4. The summed E-state index contributed by atoms with van der Waals surface area (Å²) in [6, 6.07) is 10.0. The molecule has 0 aromatic heterocycles. The Morgan fingerprint density at radius 3 is 1.17 bits per heavy atom. The molecule has 0 aliphatic carbocycles. The van der Waals surface area contributed by atoms with E-state index in [0.29, 0.717) is 32.8 Å². The van der Waals surface area contributed by atoms with E-state index in [1.54, 1.807) is 36.4 Å². The van der Waals surface area contributed by atoms with Crippen molar-refractivity contribution in [3.63, 3.8) is 0 Å². The van der Waals surface area contributed by atoms with Gasteiger partial charge in [-0.3, -0.25) is 0 Å². The lowest BCUT2D eigenvalue weighted by Crippen LogP contribution is -1.88. The number of nitrogen functional groups attached to an aromatic ring is 4.